The van der Waals surface area contributed by atoms with Crippen molar-refractivity contribution in [1.82, 2.24) is 0 Å². The Bertz CT molecular complexity index is 622. The topological polar surface area (TPSA) is 69.9 Å². The van der Waals surface area contributed by atoms with Crippen molar-refractivity contribution in [3.8, 4) is 17.2 Å². The van der Waals surface area contributed by atoms with Gasteiger partial charge in [0.05, 0.1) is 21.3 Å². The zero-order valence-electron chi connectivity index (χ0n) is 12.4. The van der Waals surface area contributed by atoms with Crippen molar-refractivity contribution < 1.29 is 23.4 Å². The molecule has 21 heavy (non-hydrogen) atoms. The molecule has 0 saturated carbocycles. The molecule has 2 aromatic rings. The number of hydrogen-bond acceptors (Lipinski definition) is 5. The second kappa shape index (κ2) is 6.21. The third kappa shape index (κ3) is 3.10. The van der Waals surface area contributed by atoms with E-state index in [9.17, 15) is 4.79 Å². The predicted octanol–water partition coefficient (Wildman–Crippen LogP) is 2.87. The van der Waals surface area contributed by atoms with Gasteiger partial charge in [0.15, 0.2) is 17.3 Å². The van der Waals surface area contributed by atoms with Gasteiger partial charge in [-0.3, -0.25) is 4.79 Å². The van der Waals surface area contributed by atoms with E-state index in [0.29, 0.717) is 28.7 Å². The lowest BCUT2D eigenvalue weighted by atomic mass is 10.2. The first-order valence-corrected chi connectivity index (χ1v) is 6.26. The van der Waals surface area contributed by atoms with Crippen molar-refractivity contribution in [3.63, 3.8) is 0 Å². The first-order chi connectivity index (χ1) is 10.1. The third-order valence-corrected chi connectivity index (χ3v) is 2.89. The molecule has 1 aromatic carbocycles. The molecule has 1 amide bonds. The van der Waals surface area contributed by atoms with Gasteiger partial charge < -0.3 is 23.9 Å². The zero-order chi connectivity index (χ0) is 15.4. The summed E-state index contributed by atoms with van der Waals surface area (Å²) < 4.78 is 21.0. The Labute approximate surface area is 122 Å². The average Bonchev–Trinajstić information content (AvgIpc) is 2.92. The zero-order valence-corrected chi connectivity index (χ0v) is 12.4. The van der Waals surface area contributed by atoms with Crippen LogP contribution in [0.1, 0.15) is 16.3 Å². The van der Waals surface area contributed by atoms with Gasteiger partial charge in [0.2, 0.25) is 5.75 Å². The van der Waals surface area contributed by atoms with Gasteiger partial charge >= 0.3 is 0 Å². The molecule has 1 aromatic heterocycles. The fraction of sp³-hybridized carbons (Fsp3) is 0.267. The first-order valence-electron chi connectivity index (χ1n) is 6.26. The summed E-state index contributed by atoms with van der Waals surface area (Å²) in [6.45, 7) is 1.77. The fourth-order valence-electron chi connectivity index (χ4n) is 1.90. The fourth-order valence-corrected chi connectivity index (χ4v) is 1.90. The Morgan fingerprint density at radius 2 is 1.67 bits per heavy atom. The maximum absolute atomic E-state index is 12.1. The second-order valence-corrected chi connectivity index (χ2v) is 4.28. The smallest absolute Gasteiger partial charge is 0.291 e. The molecule has 1 heterocycles. The molecule has 6 nitrogen and oxygen atoms in total. The lowest BCUT2D eigenvalue weighted by Crippen LogP contribution is -2.11. The molecular formula is C15H17NO5. The van der Waals surface area contributed by atoms with Crippen LogP contribution in [0.5, 0.6) is 17.2 Å². The van der Waals surface area contributed by atoms with E-state index in [1.165, 1.54) is 21.3 Å². The monoisotopic (exact) mass is 291 g/mol. The third-order valence-electron chi connectivity index (χ3n) is 2.89. The SMILES string of the molecule is COc1cc(NC(=O)c2ccc(C)o2)cc(OC)c1OC. The van der Waals surface area contributed by atoms with E-state index in [1.807, 2.05) is 0 Å². The first kappa shape index (κ1) is 14.8. The predicted molar refractivity (Wildman–Crippen MR) is 77.5 cm³/mol. The molecule has 0 bridgehead atoms. The number of benzene rings is 1. The summed E-state index contributed by atoms with van der Waals surface area (Å²) in [5.74, 6) is 1.95. The average molecular weight is 291 g/mol. The summed E-state index contributed by atoms with van der Waals surface area (Å²) in [7, 11) is 4.54. The number of nitrogens with one attached hydrogen (secondary N) is 1. The van der Waals surface area contributed by atoms with Crippen LogP contribution in [-0.2, 0) is 0 Å². The van der Waals surface area contributed by atoms with Crippen LogP contribution < -0.4 is 19.5 Å². The summed E-state index contributed by atoms with van der Waals surface area (Å²) in [4.78, 5) is 12.1. The van der Waals surface area contributed by atoms with Crippen LogP contribution in [0.3, 0.4) is 0 Å². The Morgan fingerprint density at radius 1 is 1.05 bits per heavy atom. The number of carbonyl (C=O) groups is 1. The van der Waals surface area contributed by atoms with Crippen molar-refractivity contribution in [3.05, 3.63) is 35.8 Å². The minimum absolute atomic E-state index is 0.237. The molecule has 0 radical (unpaired) electrons. The van der Waals surface area contributed by atoms with E-state index >= 15 is 0 Å². The van der Waals surface area contributed by atoms with Crippen LogP contribution in [0.15, 0.2) is 28.7 Å². The van der Waals surface area contributed by atoms with E-state index in [0.717, 1.165) is 0 Å². The van der Waals surface area contributed by atoms with Crippen LogP contribution in [-0.4, -0.2) is 27.2 Å². The molecule has 0 fully saturated rings. The number of amides is 1. The van der Waals surface area contributed by atoms with Gasteiger partial charge in [-0.25, -0.2) is 0 Å². The number of ether oxygens (including phenoxy) is 3. The van der Waals surface area contributed by atoms with Crippen LogP contribution in [0.2, 0.25) is 0 Å². The highest BCUT2D eigenvalue weighted by atomic mass is 16.5. The standard InChI is InChI=1S/C15H17NO5/c1-9-5-6-11(21-9)15(17)16-10-7-12(18-2)14(20-4)13(8-10)19-3/h5-8H,1-4H3,(H,16,17). The van der Waals surface area contributed by atoms with Gasteiger partial charge in [-0.1, -0.05) is 0 Å². The van der Waals surface area contributed by atoms with Crippen LogP contribution >= 0.6 is 0 Å². The molecular weight excluding hydrogens is 274 g/mol. The molecule has 0 unspecified atom stereocenters. The Balaban J connectivity index is 2.29. The molecule has 0 spiro atoms. The van der Waals surface area contributed by atoms with E-state index in [4.69, 9.17) is 18.6 Å². The van der Waals surface area contributed by atoms with Gasteiger partial charge in [0.25, 0.3) is 5.91 Å². The van der Waals surface area contributed by atoms with Crippen molar-refractivity contribution >= 4 is 11.6 Å². The van der Waals surface area contributed by atoms with Crippen molar-refractivity contribution in [2.24, 2.45) is 0 Å². The van der Waals surface area contributed by atoms with Gasteiger partial charge in [0, 0.05) is 17.8 Å². The number of methoxy groups -OCH3 is 3. The Morgan fingerprint density at radius 3 is 2.10 bits per heavy atom. The molecule has 112 valence electrons. The van der Waals surface area contributed by atoms with Crippen LogP contribution in [0.25, 0.3) is 0 Å². The highest BCUT2D eigenvalue weighted by Gasteiger charge is 2.16. The number of aryl methyl sites for hydroxylation is 1. The summed E-state index contributed by atoms with van der Waals surface area (Å²) in [5.41, 5.74) is 0.517. The van der Waals surface area contributed by atoms with E-state index in [2.05, 4.69) is 5.32 Å². The Hall–Kier alpha value is -2.63. The molecule has 0 atom stereocenters. The number of anilines is 1. The van der Waals surface area contributed by atoms with E-state index in [1.54, 1.807) is 31.2 Å². The molecule has 0 aliphatic carbocycles. The normalized spacial score (nSPS) is 10.1. The lowest BCUT2D eigenvalue weighted by molar-refractivity contribution is 0.0995. The second-order valence-electron chi connectivity index (χ2n) is 4.28. The number of hydrogen-bond donors (Lipinski definition) is 1. The molecule has 2 rings (SSSR count). The molecule has 1 N–H and O–H groups in total. The van der Waals surface area contributed by atoms with Gasteiger partial charge in [0.1, 0.15) is 5.76 Å². The van der Waals surface area contributed by atoms with Gasteiger partial charge in [-0.2, -0.15) is 0 Å². The van der Waals surface area contributed by atoms with E-state index < -0.39 is 0 Å². The van der Waals surface area contributed by atoms with Gasteiger partial charge in [-0.15, -0.1) is 0 Å². The number of carbonyl (C=O) groups excluding carboxylic acids is 1. The highest BCUT2D eigenvalue weighted by molar-refractivity contribution is 6.02. The molecule has 0 aliphatic rings. The number of rotatable bonds is 5. The lowest BCUT2D eigenvalue weighted by Gasteiger charge is -2.14. The van der Waals surface area contributed by atoms with Crippen molar-refractivity contribution in [2.75, 3.05) is 26.6 Å². The van der Waals surface area contributed by atoms with Crippen LogP contribution in [0, 0.1) is 6.92 Å². The minimum atomic E-state index is -0.350. The summed E-state index contributed by atoms with van der Waals surface area (Å²) in [6.07, 6.45) is 0. The largest absolute Gasteiger partial charge is 0.493 e. The molecule has 6 heteroatoms. The maximum atomic E-state index is 12.1. The summed E-state index contributed by atoms with van der Waals surface area (Å²) >= 11 is 0. The molecule has 0 aliphatic heterocycles. The Kier molecular flexibility index (Phi) is 4.37. The maximum Gasteiger partial charge on any atom is 0.291 e. The summed E-state index contributed by atoms with van der Waals surface area (Å²) in [6, 6.07) is 6.64. The van der Waals surface area contributed by atoms with Gasteiger partial charge in [-0.05, 0) is 19.1 Å². The summed E-state index contributed by atoms with van der Waals surface area (Å²) in [5, 5.41) is 2.72. The van der Waals surface area contributed by atoms with E-state index in [-0.39, 0.29) is 11.7 Å². The molecule has 0 saturated heterocycles. The van der Waals surface area contributed by atoms with Crippen LogP contribution in [0.4, 0.5) is 5.69 Å². The van der Waals surface area contributed by atoms with Crippen molar-refractivity contribution in [1.29, 1.82) is 0 Å². The van der Waals surface area contributed by atoms with Crippen molar-refractivity contribution in [2.45, 2.75) is 6.92 Å². The minimum Gasteiger partial charge on any atom is -0.493 e. The highest BCUT2D eigenvalue weighted by Crippen LogP contribution is 2.40. The quantitative estimate of drug-likeness (QED) is 0.917. The number of furan rings is 1.